The average molecular weight is 296 g/mol. The minimum absolute atomic E-state index is 0.146. The molecule has 0 aromatic heterocycles. The number of carbonyl (C=O) groups is 3. The Labute approximate surface area is 125 Å². The Bertz CT molecular complexity index is 430. The van der Waals surface area contributed by atoms with Crippen LogP contribution in [-0.4, -0.2) is 29.9 Å². The fourth-order valence-electron chi connectivity index (χ4n) is 2.50. The monoisotopic (exact) mass is 296 g/mol. The van der Waals surface area contributed by atoms with E-state index >= 15 is 0 Å². The Morgan fingerprint density at radius 2 is 1.67 bits per heavy atom. The van der Waals surface area contributed by atoms with Gasteiger partial charge in [-0.3, -0.25) is 4.79 Å². The number of hydrogen-bond donors (Lipinski definition) is 0. The fraction of sp³-hybridized carbons (Fsp3) is 0.688. The highest BCUT2D eigenvalue weighted by molar-refractivity contribution is 6.34. The van der Waals surface area contributed by atoms with E-state index in [9.17, 15) is 14.4 Å². The predicted octanol–water partition coefficient (Wildman–Crippen LogP) is 2.58. The van der Waals surface area contributed by atoms with E-state index in [4.69, 9.17) is 4.74 Å². The van der Waals surface area contributed by atoms with Crippen LogP contribution in [0.4, 0.5) is 0 Å². The molecule has 0 aromatic rings. The van der Waals surface area contributed by atoms with Crippen molar-refractivity contribution in [2.75, 3.05) is 6.61 Å². The molecule has 0 N–H and O–H groups in total. The van der Waals surface area contributed by atoms with Gasteiger partial charge >= 0.3 is 11.9 Å². The van der Waals surface area contributed by atoms with Crippen LogP contribution < -0.4 is 0 Å². The SMILES string of the molecule is C=C(C)C(=O)OCC(=O)C(=O)OC1(C(C)C)CCCCC1. The summed E-state index contributed by atoms with van der Waals surface area (Å²) < 4.78 is 10.2. The van der Waals surface area contributed by atoms with E-state index in [2.05, 4.69) is 11.3 Å². The molecule has 0 heterocycles. The average Bonchev–Trinajstić information content (AvgIpc) is 2.44. The summed E-state index contributed by atoms with van der Waals surface area (Å²) in [7, 11) is 0. The number of rotatable bonds is 6. The molecule has 1 saturated carbocycles. The van der Waals surface area contributed by atoms with Crippen LogP contribution in [0.3, 0.4) is 0 Å². The maximum absolute atomic E-state index is 11.9. The summed E-state index contributed by atoms with van der Waals surface area (Å²) in [6.07, 6.45) is 4.65. The van der Waals surface area contributed by atoms with Crippen LogP contribution in [0.1, 0.15) is 52.9 Å². The zero-order valence-corrected chi connectivity index (χ0v) is 13.1. The van der Waals surface area contributed by atoms with E-state index < -0.39 is 29.9 Å². The third kappa shape index (κ3) is 4.69. The van der Waals surface area contributed by atoms with E-state index in [-0.39, 0.29) is 11.5 Å². The van der Waals surface area contributed by atoms with E-state index in [1.165, 1.54) is 6.92 Å². The van der Waals surface area contributed by atoms with Gasteiger partial charge in [0.15, 0.2) is 6.61 Å². The molecule has 0 saturated heterocycles. The number of carbonyl (C=O) groups excluding carboxylic acids is 3. The van der Waals surface area contributed by atoms with E-state index in [1.807, 2.05) is 13.8 Å². The molecule has 0 aliphatic heterocycles. The summed E-state index contributed by atoms with van der Waals surface area (Å²) in [6.45, 7) is 8.26. The number of hydrogen-bond acceptors (Lipinski definition) is 5. The smallest absolute Gasteiger partial charge is 0.378 e. The molecule has 1 fully saturated rings. The second kappa shape index (κ2) is 7.38. The van der Waals surface area contributed by atoms with Gasteiger partial charge in [0.05, 0.1) is 0 Å². The molecule has 5 heteroatoms. The van der Waals surface area contributed by atoms with Crippen LogP contribution in [0.5, 0.6) is 0 Å². The Morgan fingerprint density at radius 1 is 1.10 bits per heavy atom. The second-order valence-electron chi connectivity index (χ2n) is 5.95. The normalized spacial score (nSPS) is 17.1. The van der Waals surface area contributed by atoms with Crippen LogP contribution in [0, 0.1) is 5.92 Å². The summed E-state index contributed by atoms with van der Waals surface area (Å²) in [5.74, 6) is -2.30. The first kappa shape index (κ1) is 17.4. The highest BCUT2D eigenvalue weighted by atomic mass is 16.6. The summed E-state index contributed by atoms with van der Waals surface area (Å²) in [4.78, 5) is 34.8. The Hall–Kier alpha value is -1.65. The molecule has 1 aliphatic rings. The molecule has 0 spiro atoms. The molecule has 118 valence electrons. The Balaban J connectivity index is 2.59. The van der Waals surface area contributed by atoms with Crippen molar-refractivity contribution < 1.29 is 23.9 Å². The molecule has 0 radical (unpaired) electrons. The van der Waals surface area contributed by atoms with Gasteiger partial charge in [-0.25, -0.2) is 9.59 Å². The molecule has 0 unspecified atom stereocenters. The van der Waals surface area contributed by atoms with Crippen molar-refractivity contribution in [3.63, 3.8) is 0 Å². The minimum atomic E-state index is -0.917. The standard InChI is InChI=1S/C16H24O5/c1-11(2)14(18)20-10-13(17)15(19)21-16(12(3)4)8-6-5-7-9-16/h12H,1,5-10H2,2-4H3. The summed E-state index contributed by atoms with van der Waals surface area (Å²) in [5, 5.41) is 0. The largest absolute Gasteiger partial charge is 0.454 e. The fourth-order valence-corrected chi connectivity index (χ4v) is 2.50. The van der Waals surface area contributed by atoms with Crippen molar-refractivity contribution >= 4 is 17.7 Å². The lowest BCUT2D eigenvalue weighted by atomic mass is 9.77. The molecular weight excluding hydrogens is 272 g/mol. The first-order chi connectivity index (χ1) is 9.78. The molecular formula is C16H24O5. The molecule has 0 atom stereocenters. The third-order valence-electron chi connectivity index (χ3n) is 3.96. The van der Waals surface area contributed by atoms with Gasteiger partial charge in [0.1, 0.15) is 5.60 Å². The van der Waals surface area contributed by atoms with E-state index in [0.717, 1.165) is 32.1 Å². The first-order valence-electron chi connectivity index (χ1n) is 7.37. The molecule has 5 nitrogen and oxygen atoms in total. The van der Waals surface area contributed by atoms with Gasteiger partial charge in [0.25, 0.3) is 5.78 Å². The van der Waals surface area contributed by atoms with Crippen molar-refractivity contribution in [3.8, 4) is 0 Å². The number of ether oxygens (including phenoxy) is 2. The topological polar surface area (TPSA) is 69.7 Å². The first-order valence-corrected chi connectivity index (χ1v) is 7.37. The van der Waals surface area contributed by atoms with Crippen LogP contribution in [0.15, 0.2) is 12.2 Å². The van der Waals surface area contributed by atoms with Crippen molar-refractivity contribution in [2.24, 2.45) is 5.92 Å². The van der Waals surface area contributed by atoms with E-state index in [1.54, 1.807) is 0 Å². The molecule has 0 amide bonds. The van der Waals surface area contributed by atoms with Crippen LogP contribution in [0.25, 0.3) is 0 Å². The van der Waals surface area contributed by atoms with Crippen molar-refractivity contribution in [1.82, 2.24) is 0 Å². The van der Waals surface area contributed by atoms with Crippen LogP contribution >= 0.6 is 0 Å². The zero-order chi connectivity index (χ0) is 16.0. The summed E-state index contributed by atoms with van der Waals surface area (Å²) >= 11 is 0. The second-order valence-corrected chi connectivity index (χ2v) is 5.95. The van der Waals surface area contributed by atoms with Gasteiger partial charge in [0, 0.05) is 5.57 Å². The van der Waals surface area contributed by atoms with Crippen molar-refractivity contribution in [2.45, 2.75) is 58.5 Å². The maximum Gasteiger partial charge on any atom is 0.378 e. The summed E-state index contributed by atoms with van der Waals surface area (Å²) in [5.41, 5.74) is -0.384. The van der Waals surface area contributed by atoms with Gasteiger partial charge in [-0.05, 0) is 38.5 Å². The van der Waals surface area contributed by atoms with Crippen LogP contribution in [-0.2, 0) is 23.9 Å². The minimum Gasteiger partial charge on any atom is -0.454 e. The van der Waals surface area contributed by atoms with Gasteiger partial charge in [0.2, 0.25) is 0 Å². The molecule has 1 aliphatic carbocycles. The molecule has 0 aromatic carbocycles. The summed E-state index contributed by atoms with van der Waals surface area (Å²) in [6, 6.07) is 0. The molecule has 21 heavy (non-hydrogen) atoms. The van der Waals surface area contributed by atoms with Crippen LogP contribution in [0.2, 0.25) is 0 Å². The lowest BCUT2D eigenvalue weighted by Crippen LogP contribution is -2.44. The highest BCUT2D eigenvalue weighted by Crippen LogP contribution is 2.37. The van der Waals surface area contributed by atoms with Gasteiger partial charge in [-0.1, -0.05) is 26.8 Å². The van der Waals surface area contributed by atoms with Gasteiger partial charge in [-0.15, -0.1) is 0 Å². The lowest BCUT2D eigenvalue weighted by Gasteiger charge is -2.39. The Kier molecular flexibility index (Phi) is 6.12. The highest BCUT2D eigenvalue weighted by Gasteiger charge is 2.40. The zero-order valence-electron chi connectivity index (χ0n) is 13.1. The molecule has 1 rings (SSSR count). The number of esters is 2. The number of ketones is 1. The maximum atomic E-state index is 11.9. The predicted molar refractivity (Wildman–Crippen MR) is 77.5 cm³/mol. The lowest BCUT2D eigenvalue weighted by molar-refractivity contribution is -0.176. The quantitative estimate of drug-likeness (QED) is 0.428. The number of Topliss-reactive ketones (excluding diaryl/α,β-unsaturated/α-hetero) is 1. The van der Waals surface area contributed by atoms with Crippen molar-refractivity contribution in [1.29, 1.82) is 0 Å². The third-order valence-corrected chi connectivity index (χ3v) is 3.96. The van der Waals surface area contributed by atoms with E-state index in [0.29, 0.717) is 0 Å². The van der Waals surface area contributed by atoms with Gasteiger partial charge < -0.3 is 9.47 Å². The Morgan fingerprint density at radius 3 is 2.14 bits per heavy atom. The van der Waals surface area contributed by atoms with Crippen molar-refractivity contribution in [3.05, 3.63) is 12.2 Å². The molecule has 0 bridgehead atoms. The van der Waals surface area contributed by atoms with Gasteiger partial charge in [-0.2, -0.15) is 0 Å².